The fourth-order valence-corrected chi connectivity index (χ4v) is 3.01. The van der Waals surface area contributed by atoms with E-state index in [2.05, 4.69) is 23.9 Å². The van der Waals surface area contributed by atoms with Crippen LogP contribution in [0.4, 0.5) is 0 Å². The van der Waals surface area contributed by atoms with Crippen molar-refractivity contribution in [3.8, 4) is 5.75 Å². The average Bonchev–Trinajstić information content (AvgIpc) is 2.48. The summed E-state index contributed by atoms with van der Waals surface area (Å²) in [5.74, 6) is 1.58. The van der Waals surface area contributed by atoms with E-state index < -0.39 is 0 Å². The monoisotopic (exact) mass is 290 g/mol. The number of methoxy groups -OCH3 is 1. The highest BCUT2D eigenvalue weighted by Gasteiger charge is 2.22. The van der Waals surface area contributed by atoms with E-state index in [0.717, 1.165) is 25.6 Å². The smallest absolute Gasteiger partial charge is 0.180 e. The van der Waals surface area contributed by atoms with E-state index in [1.807, 2.05) is 24.3 Å². The van der Waals surface area contributed by atoms with Gasteiger partial charge >= 0.3 is 0 Å². The predicted molar refractivity (Wildman–Crippen MR) is 85.0 cm³/mol. The molecule has 2 rings (SSSR count). The minimum atomic E-state index is 0.151. The second-order valence-electron chi connectivity index (χ2n) is 6.11. The number of ether oxygens (including phenoxy) is 1. The Kier molecular flexibility index (Phi) is 5.76. The number of carbonyl (C=O) groups excluding carboxylic acids is 1. The van der Waals surface area contributed by atoms with E-state index in [0.29, 0.717) is 17.9 Å². The van der Waals surface area contributed by atoms with Gasteiger partial charge in [0.2, 0.25) is 0 Å². The van der Waals surface area contributed by atoms with Gasteiger partial charge in [-0.05, 0) is 58.1 Å². The number of para-hydroxylation sites is 1. The van der Waals surface area contributed by atoms with Crippen LogP contribution in [-0.2, 0) is 0 Å². The van der Waals surface area contributed by atoms with Crippen LogP contribution in [0.3, 0.4) is 0 Å². The molecule has 116 valence electrons. The summed E-state index contributed by atoms with van der Waals surface area (Å²) in [5, 5.41) is 0. The first-order valence-corrected chi connectivity index (χ1v) is 7.63. The maximum Gasteiger partial charge on any atom is 0.180 e. The van der Waals surface area contributed by atoms with Gasteiger partial charge in [-0.15, -0.1) is 0 Å². The highest BCUT2D eigenvalue weighted by molar-refractivity contribution is 6.00. The van der Waals surface area contributed by atoms with Gasteiger partial charge < -0.3 is 9.64 Å². The topological polar surface area (TPSA) is 32.8 Å². The lowest BCUT2D eigenvalue weighted by Gasteiger charge is -2.32. The molecular weight excluding hydrogens is 264 g/mol. The molecule has 0 aliphatic carbocycles. The molecule has 0 atom stereocenters. The number of hydrogen-bond donors (Lipinski definition) is 0. The molecule has 1 aromatic rings. The van der Waals surface area contributed by atoms with Crippen molar-refractivity contribution >= 4 is 5.78 Å². The van der Waals surface area contributed by atoms with Gasteiger partial charge in [0.1, 0.15) is 5.75 Å². The van der Waals surface area contributed by atoms with E-state index in [-0.39, 0.29) is 5.78 Å². The summed E-state index contributed by atoms with van der Waals surface area (Å²) < 4.78 is 5.27. The number of ketones is 1. The second-order valence-corrected chi connectivity index (χ2v) is 6.11. The Morgan fingerprint density at radius 1 is 1.29 bits per heavy atom. The molecule has 4 heteroatoms. The Hall–Kier alpha value is -1.39. The van der Waals surface area contributed by atoms with Crippen LogP contribution in [0.15, 0.2) is 24.3 Å². The quantitative estimate of drug-likeness (QED) is 0.752. The number of piperidine rings is 1. The SMILES string of the molecule is COc1ccccc1C(=O)CN1CCC(CN(C)C)CC1. The van der Waals surface area contributed by atoms with Gasteiger partial charge in [-0.1, -0.05) is 12.1 Å². The van der Waals surface area contributed by atoms with Crippen LogP contribution in [0.25, 0.3) is 0 Å². The van der Waals surface area contributed by atoms with Crippen LogP contribution in [0.1, 0.15) is 23.2 Å². The number of benzene rings is 1. The van der Waals surface area contributed by atoms with Crippen LogP contribution < -0.4 is 4.74 Å². The number of Topliss-reactive ketones (excluding diaryl/α,β-unsaturated/α-hetero) is 1. The molecule has 0 bridgehead atoms. The van der Waals surface area contributed by atoms with Crippen LogP contribution >= 0.6 is 0 Å². The molecule has 0 N–H and O–H groups in total. The number of carbonyl (C=O) groups is 1. The summed E-state index contributed by atoms with van der Waals surface area (Å²) in [5.41, 5.74) is 0.690. The van der Waals surface area contributed by atoms with Gasteiger partial charge in [-0.3, -0.25) is 9.69 Å². The maximum absolute atomic E-state index is 12.4. The van der Waals surface area contributed by atoms with Crippen molar-refractivity contribution in [1.29, 1.82) is 0 Å². The largest absolute Gasteiger partial charge is 0.496 e. The third-order valence-corrected chi connectivity index (χ3v) is 4.11. The van der Waals surface area contributed by atoms with Crippen molar-refractivity contribution in [1.82, 2.24) is 9.80 Å². The lowest BCUT2D eigenvalue weighted by Crippen LogP contribution is -2.39. The second kappa shape index (κ2) is 7.57. The fourth-order valence-electron chi connectivity index (χ4n) is 3.01. The minimum absolute atomic E-state index is 0.151. The Bertz CT molecular complexity index is 466. The Balaban J connectivity index is 1.87. The van der Waals surface area contributed by atoms with Crippen molar-refractivity contribution in [2.75, 3.05) is 47.4 Å². The molecule has 1 fully saturated rings. The zero-order valence-corrected chi connectivity index (χ0v) is 13.3. The summed E-state index contributed by atoms with van der Waals surface area (Å²) in [6.45, 7) is 3.67. The standard InChI is InChI=1S/C17H26N2O2/c1-18(2)12-14-8-10-19(11-9-14)13-16(20)15-6-4-5-7-17(15)21-3/h4-7,14H,8-13H2,1-3H3. The van der Waals surface area contributed by atoms with E-state index in [4.69, 9.17) is 4.74 Å². The van der Waals surface area contributed by atoms with Crippen molar-refractivity contribution in [3.05, 3.63) is 29.8 Å². The van der Waals surface area contributed by atoms with Gasteiger partial charge in [0, 0.05) is 6.54 Å². The normalized spacial score (nSPS) is 17.1. The third-order valence-electron chi connectivity index (χ3n) is 4.11. The first-order valence-electron chi connectivity index (χ1n) is 7.63. The first-order chi connectivity index (χ1) is 10.1. The first kappa shape index (κ1) is 16.0. The molecule has 4 nitrogen and oxygen atoms in total. The molecule has 0 amide bonds. The molecule has 0 aromatic heterocycles. The highest BCUT2D eigenvalue weighted by atomic mass is 16.5. The summed E-state index contributed by atoms with van der Waals surface area (Å²) in [6.07, 6.45) is 2.36. The van der Waals surface area contributed by atoms with Crippen molar-refractivity contribution in [2.45, 2.75) is 12.8 Å². The average molecular weight is 290 g/mol. The summed E-state index contributed by atoms with van der Waals surface area (Å²) in [7, 11) is 5.86. The predicted octanol–water partition coefficient (Wildman–Crippen LogP) is 2.15. The van der Waals surface area contributed by atoms with Crippen molar-refractivity contribution < 1.29 is 9.53 Å². The Morgan fingerprint density at radius 3 is 2.57 bits per heavy atom. The van der Waals surface area contributed by atoms with E-state index in [9.17, 15) is 4.79 Å². The van der Waals surface area contributed by atoms with Crippen molar-refractivity contribution in [2.24, 2.45) is 5.92 Å². The molecule has 1 aromatic carbocycles. The lowest BCUT2D eigenvalue weighted by molar-refractivity contribution is 0.0883. The van der Waals surface area contributed by atoms with E-state index >= 15 is 0 Å². The van der Waals surface area contributed by atoms with Crippen LogP contribution in [0, 0.1) is 5.92 Å². The maximum atomic E-state index is 12.4. The van der Waals surface area contributed by atoms with E-state index in [1.54, 1.807) is 7.11 Å². The van der Waals surface area contributed by atoms with Crippen LogP contribution in [0.2, 0.25) is 0 Å². The molecule has 21 heavy (non-hydrogen) atoms. The summed E-state index contributed by atoms with van der Waals surface area (Å²) in [4.78, 5) is 16.9. The fraction of sp³-hybridized carbons (Fsp3) is 0.588. The molecule has 0 radical (unpaired) electrons. The molecular formula is C17H26N2O2. The van der Waals surface area contributed by atoms with Gasteiger partial charge in [-0.25, -0.2) is 0 Å². The lowest BCUT2D eigenvalue weighted by atomic mass is 9.96. The van der Waals surface area contributed by atoms with Crippen LogP contribution in [0.5, 0.6) is 5.75 Å². The number of nitrogens with zero attached hydrogens (tertiary/aromatic N) is 2. The third kappa shape index (κ3) is 4.55. The highest BCUT2D eigenvalue weighted by Crippen LogP contribution is 2.21. The molecule has 0 saturated carbocycles. The Morgan fingerprint density at radius 2 is 1.95 bits per heavy atom. The van der Waals surface area contributed by atoms with Crippen molar-refractivity contribution in [3.63, 3.8) is 0 Å². The van der Waals surface area contributed by atoms with Gasteiger partial charge in [0.05, 0.1) is 19.2 Å². The molecule has 1 aliphatic rings. The number of rotatable bonds is 6. The zero-order chi connectivity index (χ0) is 15.2. The summed E-state index contributed by atoms with van der Waals surface area (Å²) in [6, 6.07) is 7.47. The van der Waals surface area contributed by atoms with Gasteiger partial charge in [0.25, 0.3) is 0 Å². The number of likely N-dealkylation sites (tertiary alicyclic amines) is 1. The zero-order valence-electron chi connectivity index (χ0n) is 13.3. The molecule has 1 aliphatic heterocycles. The molecule has 1 saturated heterocycles. The molecule has 0 unspecified atom stereocenters. The van der Waals surface area contributed by atoms with Gasteiger partial charge in [0.15, 0.2) is 5.78 Å². The molecule has 0 spiro atoms. The van der Waals surface area contributed by atoms with Gasteiger partial charge in [-0.2, -0.15) is 0 Å². The summed E-state index contributed by atoms with van der Waals surface area (Å²) >= 11 is 0. The number of hydrogen-bond acceptors (Lipinski definition) is 4. The van der Waals surface area contributed by atoms with E-state index in [1.165, 1.54) is 12.8 Å². The minimum Gasteiger partial charge on any atom is -0.496 e. The molecule has 1 heterocycles. The Labute approximate surface area is 127 Å². The van der Waals surface area contributed by atoms with Crippen LogP contribution in [-0.4, -0.2) is 63.0 Å².